The summed E-state index contributed by atoms with van der Waals surface area (Å²) in [6.45, 7) is 11.0. The number of hydrogen-bond acceptors (Lipinski definition) is 13. The van der Waals surface area contributed by atoms with Crippen molar-refractivity contribution in [1.29, 1.82) is 0 Å². The third kappa shape index (κ3) is 17.7. The lowest BCUT2D eigenvalue weighted by Crippen LogP contribution is -2.61. The molecule has 89 heavy (non-hydrogen) atoms. The van der Waals surface area contributed by atoms with Crippen LogP contribution in [0.15, 0.2) is 91.3 Å². The van der Waals surface area contributed by atoms with Crippen LogP contribution in [0.1, 0.15) is 96.8 Å². The number of H-pyrrole nitrogens is 2. The van der Waals surface area contributed by atoms with Crippen molar-refractivity contribution >= 4 is 106 Å². The molecule has 2 aromatic heterocycles. The van der Waals surface area contributed by atoms with Gasteiger partial charge in [-0.1, -0.05) is 115 Å². The van der Waals surface area contributed by atoms with Gasteiger partial charge in [0.2, 0.25) is 53.2 Å². The van der Waals surface area contributed by atoms with Crippen LogP contribution in [-0.4, -0.2) is 169 Å². The molecule has 3 aromatic carbocycles. The molecular formula is C64H86N12O11S2. The lowest BCUT2D eigenvalue weighted by Gasteiger charge is -2.32. The van der Waals surface area contributed by atoms with Gasteiger partial charge in [-0.2, -0.15) is 25.3 Å². The molecule has 0 unspecified atom stereocenters. The highest BCUT2D eigenvalue weighted by atomic mass is 32.1. The molecule has 12 N–H and O–H groups in total. The largest absolute Gasteiger partial charge is 0.480 e. The summed E-state index contributed by atoms with van der Waals surface area (Å²) in [4.78, 5) is 151. The molecule has 0 radical (unpaired) electrons. The SMILES string of the molecule is CC[C@H](C)[C@H](NC(=O)[C@H](Cc1c[nH]c2ccccc12)NC(=O)[C@@H]1CCCN1C(=O)[C@H](Cc1ccccc1)NC(=O)[C@H](CC(C)C)NC(=O)[C@@H]1CCCN1C(=O)[C@H](Cc1c[nH]c2ccccc12)NC(=O)[C@@H](N)CS)C(=O)N[C@H](C(=O)N[C@@H](CS)C(=O)O)C(C)C. The summed E-state index contributed by atoms with van der Waals surface area (Å²) in [5.74, 6) is -8.38. The van der Waals surface area contributed by atoms with E-state index in [2.05, 4.69) is 72.4 Å². The normalized spacial score (nSPS) is 18.0. The van der Waals surface area contributed by atoms with Crippen LogP contribution in [0.3, 0.4) is 0 Å². The molecule has 9 amide bonds. The minimum atomic E-state index is -1.32. The van der Waals surface area contributed by atoms with Crippen LogP contribution in [0.4, 0.5) is 0 Å². The molecule has 25 heteroatoms. The highest BCUT2D eigenvalue weighted by Crippen LogP contribution is 2.26. The van der Waals surface area contributed by atoms with E-state index in [0.29, 0.717) is 30.4 Å². The van der Waals surface area contributed by atoms with Crippen molar-refractivity contribution in [3.8, 4) is 0 Å². The van der Waals surface area contributed by atoms with E-state index in [1.54, 1.807) is 57.4 Å². The zero-order valence-electron chi connectivity index (χ0n) is 51.3. The summed E-state index contributed by atoms with van der Waals surface area (Å²) < 4.78 is 0. The molecule has 7 rings (SSSR count). The first-order chi connectivity index (χ1) is 42.5. The van der Waals surface area contributed by atoms with Crippen molar-refractivity contribution in [3.05, 3.63) is 108 Å². The maximum absolute atomic E-state index is 15.2. The fourth-order valence-corrected chi connectivity index (χ4v) is 12.0. The van der Waals surface area contributed by atoms with E-state index < -0.39 is 131 Å². The molecule has 0 bridgehead atoms. The number of benzene rings is 3. The number of carboxylic acids is 1. The first-order valence-corrected chi connectivity index (χ1v) is 31.9. The molecule has 0 saturated carbocycles. The summed E-state index contributed by atoms with van der Waals surface area (Å²) in [5, 5.41) is 30.8. The number of rotatable bonds is 30. The number of carboxylic acid groups (broad SMARTS) is 1. The predicted octanol–water partition coefficient (Wildman–Crippen LogP) is 3.07. The van der Waals surface area contributed by atoms with E-state index in [9.17, 15) is 48.3 Å². The predicted molar refractivity (Wildman–Crippen MR) is 344 cm³/mol. The van der Waals surface area contributed by atoms with Gasteiger partial charge in [0.05, 0.1) is 6.04 Å². The Labute approximate surface area is 529 Å². The quantitative estimate of drug-likeness (QED) is 0.0295. The number of likely N-dealkylation sites (tertiary alicyclic amines) is 2. The van der Waals surface area contributed by atoms with Gasteiger partial charge in [-0.15, -0.1) is 0 Å². The van der Waals surface area contributed by atoms with Crippen molar-refractivity contribution in [1.82, 2.24) is 57.0 Å². The summed E-state index contributed by atoms with van der Waals surface area (Å²) in [5.41, 5.74) is 9.80. The lowest BCUT2D eigenvalue weighted by atomic mass is 9.95. The molecule has 2 fully saturated rings. The molecule has 0 aliphatic carbocycles. The number of carbonyl (C=O) groups is 10. The Bertz CT molecular complexity index is 3320. The summed E-state index contributed by atoms with van der Waals surface area (Å²) in [6.07, 6.45) is 5.44. The minimum absolute atomic E-state index is 0.00321. The Hall–Kier alpha value is -7.90. The van der Waals surface area contributed by atoms with E-state index in [4.69, 9.17) is 5.73 Å². The third-order valence-electron chi connectivity index (χ3n) is 16.7. The van der Waals surface area contributed by atoms with E-state index >= 15 is 4.79 Å². The van der Waals surface area contributed by atoms with Crippen LogP contribution < -0.4 is 43.0 Å². The van der Waals surface area contributed by atoms with Gasteiger partial charge in [0.25, 0.3) is 0 Å². The first kappa shape index (κ1) is 68.6. The lowest BCUT2D eigenvalue weighted by molar-refractivity contribution is -0.143. The van der Waals surface area contributed by atoms with Crippen molar-refractivity contribution < 1.29 is 53.1 Å². The van der Waals surface area contributed by atoms with Crippen molar-refractivity contribution in [2.45, 2.75) is 160 Å². The number of carbonyl (C=O) groups excluding carboxylic acids is 9. The van der Waals surface area contributed by atoms with Crippen LogP contribution in [0.5, 0.6) is 0 Å². The van der Waals surface area contributed by atoms with Gasteiger partial charge >= 0.3 is 5.97 Å². The Kier molecular flexibility index (Phi) is 24.7. The van der Waals surface area contributed by atoms with Gasteiger partial charge in [-0.05, 0) is 78.7 Å². The van der Waals surface area contributed by atoms with Crippen LogP contribution in [0.25, 0.3) is 21.8 Å². The number of nitrogens with zero attached hydrogens (tertiary/aromatic N) is 2. The van der Waals surface area contributed by atoms with E-state index in [-0.39, 0.29) is 69.0 Å². The fourth-order valence-electron chi connectivity index (χ4n) is 11.6. The summed E-state index contributed by atoms with van der Waals surface area (Å²) in [7, 11) is 0. The van der Waals surface area contributed by atoms with Crippen LogP contribution in [0.2, 0.25) is 0 Å². The van der Waals surface area contributed by atoms with Crippen molar-refractivity contribution in [2.75, 3.05) is 24.6 Å². The molecule has 480 valence electrons. The van der Waals surface area contributed by atoms with Gasteiger partial charge in [0, 0.05) is 78.1 Å². The zero-order chi connectivity index (χ0) is 64.6. The van der Waals surface area contributed by atoms with Gasteiger partial charge in [-0.3, -0.25) is 43.2 Å². The Morgan fingerprint density at radius 2 is 1.01 bits per heavy atom. The number of amides is 9. The van der Waals surface area contributed by atoms with Gasteiger partial charge in [0.1, 0.15) is 54.4 Å². The Morgan fingerprint density at radius 1 is 0.551 bits per heavy atom. The topological polar surface area (TPSA) is 339 Å². The number of thiol groups is 2. The number of nitrogens with two attached hydrogens (primary N) is 1. The van der Waals surface area contributed by atoms with Crippen LogP contribution in [0, 0.1) is 17.8 Å². The molecule has 5 aromatic rings. The molecule has 11 atom stereocenters. The van der Waals surface area contributed by atoms with E-state index in [0.717, 1.165) is 27.4 Å². The maximum Gasteiger partial charge on any atom is 0.327 e. The fraction of sp³-hybridized carbons (Fsp3) is 0.500. The van der Waals surface area contributed by atoms with Crippen LogP contribution >= 0.6 is 25.3 Å². The molecule has 0 spiro atoms. The highest BCUT2D eigenvalue weighted by molar-refractivity contribution is 7.80. The smallest absolute Gasteiger partial charge is 0.327 e. The molecule has 2 aliphatic heterocycles. The molecule has 2 aliphatic rings. The summed E-state index contributed by atoms with van der Waals surface area (Å²) in [6, 6.07) is 12.2. The second-order valence-electron chi connectivity index (χ2n) is 24.0. The number of aliphatic carboxylic acids is 1. The van der Waals surface area contributed by atoms with Crippen molar-refractivity contribution in [2.24, 2.45) is 23.5 Å². The molecular weight excluding hydrogens is 1180 g/mol. The zero-order valence-corrected chi connectivity index (χ0v) is 53.0. The average Bonchev–Trinajstić information content (AvgIpc) is 3.44. The van der Waals surface area contributed by atoms with Gasteiger partial charge in [0.15, 0.2) is 0 Å². The number of aromatic amines is 2. The van der Waals surface area contributed by atoms with E-state index in [1.807, 2.05) is 75.4 Å². The van der Waals surface area contributed by atoms with Crippen LogP contribution in [-0.2, 0) is 67.2 Å². The summed E-state index contributed by atoms with van der Waals surface area (Å²) >= 11 is 8.24. The Balaban J connectivity index is 1.11. The number of para-hydroxylation sites is 2. The Morgan fingerprint density at radius 3 is 1.52 bits per heavy atom. The number of aromatic nitrogens is 2. The number of fused-ring (bicyclic) bond motifs is 2. The minimum Gasteiger partial charge on any atom is -0.480 e. The highest BCUT2D eigenvalue weighted by Gasteiger charge is 2.43. The van der Waals surface area contributed by atoms with Gasteiger partial charge < -0.3 is 67.8 Å². The molecule has 23 nitrogen and oxygen atoms in total. The average molecular weight is 1260 g/mol. The monoisotopic (exact) mass is 1260 g/mol. The molecule has 4 heterocycles. The second-order valence-corrected chi connectivity index (χ2v) is 24.8. The molecule has 2 saturated heterocycles. The number of nitrogens with one attached hydrogen (secondary N) is 9. The standard InChI is InChI=1S/C64H86N12O11S2/c1-7-37(6)54(61(83)73-53(36(4)5)60(82)72-50(34-89)64(86)87)74-57(79)47(29-39-31-66-44-21-13-11-19-41(39)44)69-59(81)52-24-15-25-75(52)62(84)48(28-38-17-9-8-10-18-38)71-56(78)46(27-35(2)3)68-58(80)51-23-16-26-76(51)63(85)49(70-55(77)43(65)33-88)30-40-32-67-45-22-14-12-20-42(40)45/h8-14,17-22,31-32,35-37,43,46-54,66-67,88-89H,7,15-16,23-30,33-34,65H2,1-6H3,(H,68,80)(H,69,81)(H,70,77)(H,71,78)(H,72,82)(H,73,83)(H,74,79)(H,86,87)/t37-,43-,46-,47-,48-,49-,50-,51-,52-,53-,54-/m0/s1. The van der Waals surface area contributed by atoms with Crippen molar-refractivity contribution in [3.63, 3.8) is 0 Å². The van der Waals surface area contributed by atoms with E-state index in [1.165, 1.54) is 9.80 Å². The second kappa shape index (κ2) is 32.0. The third-order valence-corrected chi connectivity index (χ3v) is 17.5. The number of hydrogen-bond donors (Lipinski definition) is 13. The van der Waals surface area contributed by atoms with Gasteiger partial charge in [-0.25, -0.2) is 4.79 Å². The first-order valence-electron chi connectivity index (χ1n) is 30.6. The maximum atomic E-state index is 15.2.